The van der Waals surface area contributed by atoms with Gasteiger partial charge in [0.25, 0.3) is 0 Å². The van der Waals surface area contributed by atoms with Crippen molar-refractivity contribution in [1.82, 2.24) is 4.90 Å². The van der Waals surface area contributed by atoms with E-state index in [1.165, 1.54) is 11.1 Å². The van der Waals surface area contributed by atoms with Crippen LogP contribution in [0, 0.1) is 11.3 Å². The van der Waals surface area contributed by atoms with Gasteiger partial charge in [-0.05, 0) is 42.2 Å². The first-order valence-corrected chi connectivity index (χ1v) is 7.70. The van der Waals surface area contributed by atoms with Gasteiger partial charge in [-0.25, -0.2) is 0 Å². The van der Waals surface area contributed by atoms with Crippen LogP contribution >= 0.6 is 0 Å². The van der Waals surface area contributed by atoms with Crippen molar-refractivity contribution in [1.29, 1.82) is 0 Å². The zero-order chi connectivity index (χ0) is 14.6. The maximum absolute atomic E-state index is 12.6. The first-order chi connectivity index (χ1) is 10.1. The lowest BCUT2D eigenvalue weighted by molar-refractivity contribution is -0.140. The molecular weight excluding hydrogens is 266 g/mol. The molecule has 2 atom stereocenters. The number of likely N-dealkylation sites (tertiary alicyclic amines) is 1. The second-order valence-electron chi connectivity index (χ2n) is 6.74. The number of carboxylic acids is 1. The molecule has 3 aliphatic rings. The Kier molecular flexibility index (Phi) is 2.65. The Hall–Kier alpha value is -1.84. The highest BCUT2D eigenvalue weighted by Crippen LogP contribution is 2.59. The number of hydrogen-bond acceptors (Lipinski definition) is 2. The van der Waals surface area contributed by atoms with E-state index in [0.717, 1.165) is 38.8 Å². The molecule has 0 bridgehead atoms. The van der Waals surface area contributed by atoms with Crippen LogP contribution in [0.1, 0.15) is 36.3 Å². The van der Waals surface area contributed by atoms with E-state index in [-0.39, 0.29) is 23.2 Å². The molecule has 21 heavy (non-hydrogen) atoms. The van der Waals surface area contributed by atoms with Gasteiger partial charge >= 0.3 is 5.97 Å². The van der Waals surface area contributed by atoms with Crippen molar-refractivity contribution in [2.24, 2.45) is 11.3 Å². The van der Waals surface area contributed by atoms with Gasteiger partial charge in [0.1, 0.15) is 0 Å². The smallest absolute Gasteiger partial charge is 0.307 e. The molecule has 1 saturated heterocycles. The van der Waals surface area contributed by atoms with E-state index in [9.17, 15) is 9.59 Å². The first-order valence-electron chi connectivity index (χ1n) is 7.70. The van der Waals surface area contributed by atoms with E-state index in [1.807, 2.05) is 23.1 Å². The minimum atomic E-state index is -0.664. The Balaban J connectivity index is 1.40. The van der Waals surface area contributed by atoms with Crippen LogP contribution in [0.5, 0.6) is 0 Å². The monoisotopic (exact) mass is 285 g/mol. The summed E-state index contributed by atoms with van der Waals surface area (Å²) >= 11 is 0. The molecule has 1 N–H and O–H groups in total. The predicted molar refractivity (Wildman–Crippen MR) is 76.9 cm³/mol. The lowest BCUT2D eigenvalue weighted by Gasteiger charge is -2.38. The molecule has 1 aromatic carbocycles. The van der Waals surface area contributed by atoms with Gasteiger partial charge in [-0.15, -0.1) is 0 Å². The maximum atomic E-state index is 12.6. The number of hydrogen-bond donors (Lipinski definition) is 1. The van der Waals surface area contributed by atoms with Crippen molar-refractivity contribution in [3.05, 3.63) is 35.4 Å². The zero-order valence-corrected chi connectivity index (χ0v) is 11.9. The fourth-order valence-corrected chi connectivity index (χ4v) is 4.12. The molecule has 4 heteroatoms. The summed E-state index contributed by atoms with van der Waals surface area (Å²) in [6, 6.07) is 8.15. The highest BCUT2D eigenvalue weighted by Gasteiger charge is 2.59. The van der Waals surface area contributed by atoms with Gasteiger partial charge in [0, 0.05) is 13.1 Å². The summed E-state index contributed by atoms with van der Waals surface area (Å²) in [6.45, 7) is 1.45. The number of amides is 1. The second kappa shape index (κ2) is 4.33. The number of aliphatic carboxylic acids is 1. The quantitative estimate of drug-likeness (QED) is 0.904. The van der Waals surface area contributed by atoms with E-state index in [0.29, 0.717) is 0 Å². The molecule has 1 aliphatic heterocycles. The minimum absolute atomic E-state index is 0.000133. The summed E-state index contributed by atoms with van der Waals surface area (Å²) < 4.78 is 0. The zero-order valence-electron chi connectivity index (χ0n) is 11.9. The maximum Gasteiger partial charge on any atom is 0.307 e. The molecule has 0 radical (unpaired) electrons. The van der Waals surface area contributed by atoms with Crippen LogP contribution in [0.2, 0.25) is 0 Å². The van der Waals surface area contributed by atoms with E-state index < -0.39 is 5.97 Å². The van der Waals surface area contributed by atoms with Crippen molar-refractivity contribution < 1.29 is 14.7 Å². The van der Waals surface area contributed by atoms with Crippen LogP contribution in [-0.2, 0) is 16.0 Å². The Morgan fingerprint density at radius 3 is 2.52 bits per heavy atom. The third-order valence-electron chi connectivity index (χ3n) is 5.71. The third kappa shape index (κ3) is 1.88. The predicted octanol–water partition coefficient (Wildman–Crippen LogP) is 2.04. The average Bonchev–Trinajstić information content (AvgIpc) is 3.15. The molecule has 2 aliphatic carbocycles. The Morgan fingerprint density at radius 1 is 1.19 bits per heavy atom. The van der Waals surface area contributed by atoms with Crippen LogP contribution in [0.3, 0.4) is 0 Å². The van der Waals surface area contributed by atoms with Gasteiger partial charge in [-0.3, -0.25) is 9.59 Å². The Bertz CT molecular complexity index is 616. The van der Waals surface area contributed by atoms with Crippen molar-refractivity contribution in [2.75, 3.05) is 13.1 Å². The summed E-state index contributed by atoms with van der Waals surface area (Å²) in [5.41, 5.74) is 2.47. The van der Waals surface area contributed by atoms with Gasteiger partial charge in [-0.1, -0.05) is 24.3 Å². The SMILES string of the molecule is O=C(O)C1CC12CCN(C(=O)C1Cc3ccccc31)CC2. The fraction of sp³-hybridized carbons (Fsp3) is 0.529. The van der Waals surface area contributed by atoms with Gasteiger partial charge < -0.3 is 10.0 Å². The molecule has 1 saturated carbocycles. The van der Waals surface area contributed by atoms with Crippen molar-refractivity contribution in [2.45, 2.75) is 31.6 Å². The van der Waals surface area contributed by atoms with E-state index in [2.05, 4.69) is 6.07 Å². The third-order valence-corrected chi connectivity index (χ3v) is 5.71. The summed E-state index contributed by atoms with van der Waals surface area (Å²) in [5, 5.41) is 9.11. The Morgan fingerprint density at radius 2 is 1.90 bits per heavy atom. The molecular formula is C17H19NO3. The van der Waals surface area contributed by atoms with Crippen molar-refractivity contribution >= 4 is 11.9 Å². The van der Waals surface area contributed by atoms with E-state index >= 15 is 0 Å². The lowest BCUT2D eigenvalue weighted by atomic mass is 9.76. The molecule has 2 unspecified atom stereocenters. The van der Waals surface area contributed by atoms with E-state index in [4.69, 9.17) is 5.11 Å². The minimum Gasteiger partial charge on any atom is -0.481 e. The summed E-state index contributed by atoms with van der Waals surface area (Å²) in [5.74, 6) is -0.567. The highest BCUT2D eigenvalue weighted by atomic mass is 16.4. The van der Waals surface area contributed by atoms with Crippen LogP contribution < -0.4 is 0 Å². The lowest BCUT2D eigenvalue weighted by Crippen LogP contribution is -2.44. The molecule has 4 rings (SSSR count). The summed E-state index contributed by atoms with van der Waals surface area (Å²) in [7, 11) is 0. The van der Waals surface area contributed by atoms with Crippen molar-refractivity contribution in [3.63, 3.8) is 0 Å². The van der Waals surface area contributed by atoms with E-state index in [1.54, 1.807) is 0 Å². The van der Waals surface area contributed by atoms with Crippen molar-refractivity contribution in [3.8, 4) is 0 Å². The number of benzene rings is 1. The first kappa shape index (κ1) is 12.9. The van der Waals surface area contributed by atoms with Gasteiger partial charge in [0.05, 0.1) is 11.8 Å². The number of piperidine rings is 1. The molecule has 4 nitrogen and oxygen atoms in total. The molecule has 1 spiro atoms. The fourth-order valence-electron chi connectivity index (χ4n) is 4.12. The summed E-state index contributed by atoms with van der Waals surface area (Å²) in [6.07, 6.45) is 3.36. The molecule has 2 fully saturated rings. The topological polar surface area (TPSA) is 57.6 Å². The Labute approximate surface area is 123 Å². The molecule has 1 amide bonds. The van der Waals surface area contributed by atoms with Gasteiger partial charge in [0.15, 0.2) is 0 Å². The van der Waals surface area contributed by atoms with Gasteiger partial charge in [-0.2, -0.15) is 0 Å². The van der Waals surface area contributed by atoms with Crippen LogP contribution in [0.15, 0.2) is 24.3 Å². The highest BCUT2D eigenvalue weighted by molar-refractivity contribution is 5.87. The van der Waals surface area contributed by atoms with Crippen LogP contribution in [-0.4, -0.2) is 35.0 Å². The standard InChI is InChI=1S/C17H19NO3/c19-15(13-9-11-3-1-2-4-12(11)13)18-7-5-17(6-8-18)10-14(17)16(20)21/h1-4,13-14H,5-10H2,(H,20,21). The second-order valence-corrected chi connectivity index (χ2v) is 6.74. The number of carboxylic acid groups (broad SMARTS) is 1. The summed E-state index contributed by atoms with van der Waals surface area (Å²) in [4.78, 5) is 25.6. The van der Waals surface area contributed by atoms with Crippen LogP contribution in [0.4, 0.5) is 0 Å². The number of fused-ring (bicyclic) bond motifs is 1. The molecule has 0 aromatic heterocycles. The normalized spacial score (nSPS) is 28.7. The number of carbonyl (C=O) groups is 2. The number of carbonyl (C=O) groups excluding carboxylic acids is 1. The molecule has 1 aromatic rings. The number of nitrogens with zero attached hydrogens (tertiary/aromatic N) is 1. The average molecular weight is 285 g/mol. The molecule has 1 heterocycles. The number of rotatable bonds is 2. The van der Waals surface area contributed by atoms with Crippen LogP contribution in [0.25, 0.3) is 0 Å². The van der Waals surface area contributed by atoms with Gasteiger partial charge in [0.2, 0.25) is 5.91 Å². The molecule has 110 valence electrons. The largest absolute Gasteiger partial charge is 0.481 e.